The minimum atomic E-state index is -0.0157. The van der Waals surface area contributed by atoms with E-state index in [9.17, 15) is 9.59 Å². The predicted molar refractivity (Wildman–Crippen MR) is 183 cm³/mol. The van der Waals surface area contributed by atoms with Gasteiger partial charge in [-0.1, -0.05) is 118 Å². The molecule has 6 heteroatoms. The van der Waals surface area contributed by atoms with Crippen molar-refractivity contribution < 1.29 is 19.1 Å². The number of rotatable bonds is 33. The summed E-state index contributed by atoms with van der Waals surface area (Å²) >= 11 is 0. The van der Waals surface area contributed by atoms with Gasteiger partial charge in [0.05, 0.1) is 6.61 Å². The SMILES string of the molecule is CCCCC(CCCC)OC(=O)CCCCCCCN(CCCN)CCCCCCCC(=O)OCCC(CCC)CCC. The molecule has 6 nitrogen and oxygen atoms in total. The van der Waals surface area contributed by atoms with Gasteiger partial charge in [0.2, 0.25) is 0 Å². The minimum Gasteiger partial charge on any atom is -0.466 e. The lowest BCUT2D eigenvalue weighted by Gasteiger charge is -2.22. The van der Waals surface area contributed by atoms with Gasteiger partial charge in [-0.3, -0.25) is 9.59 Å². The molecule has 0 aliphatic rings. The molecule has 0 heterocycles. The van der Waals surface area contributed by atoms with Crippen molar-refractivity contribution in [2.24, 2.45) is 11.7 Å². The molecule has 43 heavy (non-hydrogen) atoms. The van der Waals surface area contributed by atoms with E-state index in [-0.39, 0.29) is 18.0 Å². The first-order chi connectivity index (χ1) is 21.0. The highest BCUT2D eigenvalue weighted by atomic mass is 16.5. The molecular weight excluding hydrogens is 536 g/mol. The zero-order valence-corrected chi connectivity index (χ0v) is 29.3. The van der Waals surface area contributed by atoms with E-state index >= 15 is 0 Å². The summed E-state index contributed by atoms with van der Waals surface area (Å²) in [5, 5.41) is 0. The summed E-state index contributed by atoms with van der Waals surface area (Å²) in [5.41, 5.74) is 5.79. The molecule has 0 aromatic heterocycles. The average Bonchev–Trinajstić information content (AvgIpc) is 2.99. The van der Waals surface area contributed by atoms with Crippen LogP contribution in [0.5, 0.6) is 0 Å². The highest BCUT2D eigenvalue weighted by Gasteiger charge is 2.14. The molecule has 0 rings (SSSR count). The lowest BCUT2D eigenvalue weighted by atomic mass is 9.95. The van der Waals surface area contributed by atoms with Crippen LogP contribution in [0, 0.1) is 5.92 Å². The third kappa shape index (κ3) is 28.1. The van der Waals surface area contributed by atoms with Crippen molar-refractivity contribution >= 4 is 11.9 Å². The van der Waals surface area contributed by atoms with Crippen molar-refractivity contribution in [2.45, 2.75) is 188 Å². The Balaban J connectivity index is 3.91. The second-order valence-electron chi connectivity index (χ2n) is 12.9. The fourth-order valence-corrected chi connectivity index (χ4v) is 5.95. The van der Waals surface area contributed by atoms with Gasteiger partial charge in [-0.25, -0.2) is 0 Å². The fraction of sp³-hybridized carbons (Fsp3) is 0.946. The minimum absolute atomic E-state index is 0.00315. The number of ether oxygens (including phenoxy) is 2. The molecule has 0 fully saturated rings. The number of nitrogens with two attached hydrogens (primary N) is 1. The van der Waals surface area contributed by atoms with Crippen LogP contribution in [0.3, 0.4) is 0 Å². The van der Waals surface area contributed by atoms with Crippen LogP contribution in [0.25, 0.3) is 0 Å². The number of nitrogens with zero attached hydrogens (tertiary/aromatic N) is 1. The van der Waals surface area contributed by atoms with Gasteiger partial charge in [-0.2, -0.15) is 0 Å². The zero-order chi connectivity index (χ0) is 31.8. The van der Waals surface area contributed by atoms with Gasteiger partial charge in [0, 0.05) is 12.8 Å². The third-order valence-corrected chi connectivity index (χ3v) is 8.63. The zero-order valence-electron chi connectivity index (χ0n) is 29.3. The molecular formula is C37H74N2O4. The predicted octanol–water partition coefficient (Wildman–Crippen LogP) is 9.76. The molecule has 0 radical (unpaired) electrons. The third-order valence-electron chi connectivity index (χ3n) is 8.63. The molecule has 0 aliphatic heterocycles. The maximum Gasteiger partial charge on any atom is 0.306 e. The van der Waals surface area contributed by atoms with Crippen molar-refractivity contribution in [1.82, 2.24) is 4.90 Å². The molecule has 0 aliphatic carbocycles. The van der Waals surface area contributed by atoms with Crippen LogP contribution >= 0.6 is 0 Å². The topological polar surface area (TPSA) is 81.9 Å². The van der Waals surface area contributed by atoms with Crippen molar-refractivity contribution in [3.63, 3.8) is 0 Å². The van der Waals surface area contributed by atoms with Gasteiger partial charge in [0.15, 0.2) is 0 Å². The normalized spacial score (nSPS) is 11.6. The number of carbonyl (C=O) groups is 2. The van der Waals surface area contributed by atoms with Crippen LogP contribution in [0.2, 0.25) is 0 Å². The smallest absolute Gasteiger partial charge is 0.306 e. The van der Waals surface area contributed by atoms with Gasteiger partial charge in [-0.15, -0.1) is 0 Å². The largest absolute Gasteiger partial charge is 0.466 e. The van der Waals surface area contributed by atoms with Crippen molar-refractivity contribution in [1.29, 1.82) is 0 Å². The van der Waals surface area contributed by atoms with Crippen molar-refractivity contribution in [3.05, 3.63) is 0 Å². The van der Waals surface area contributed by atoms with Crippen molar-refractivity contribution in [3.8, 4) is 0 Å². The van der Waals surface area contributed by atoms with E-state index in [1.807, 2.05) is 0 Å². The number of esters is 2. The van der Waals surface area contributed by atoms with E-state index in [0.717, 1.165) is 103 Å². The molecule has 0 aromatic rings. The Hall–Kier alpha value is -1.14. The van der Waals surface area contributed by atoms with Crippen molar-refractivity contribution in [2.75, 3.05) is 32.8 Å². The highest BCUT2D eigenvalue weighted by Crippen LogP contribution is 2.18. The van der Waals surface area contributed by atoms with E-state index in [0.29, 0.717) is 25.4 Å². The summed E-state index contributed by atoms with van der Waals surface area (Å²) in [5.74, 6) is 0.694. The molecule has 2 N–H and O–H groups in total. The molecule has 0 aromatic carbocycles. The monoisotopic (exact) mass is 611 g/mol. The van der Waals surface area contributed by atoms with Gasteiger partial charge >= 0.3 is 11.9 Å². The molecule has 0 saturated carbocycles. The molecule has 0 amide bonds. The first kappa shape index (κ1) is 41.9. The number of hydrogen-bond acceptors (Lipinski definition) is 6. The molecule has 256 valence electrons. The maximum atomic E-state index is 12.3. The Morgan fingerprint density at radius 1 is 0.558 bits per heavy atom. The summed E-state index contributed by atoms with van der Waals surface area (Å²) in [6.07, 6.45) is 26.2. The summed E-state index contributed by atoms with van der Waals surface area (Å²) in [7, 11) is 0. The first-order valence-electron chi connectivity index (χ1n) is 18.8. The van der Waals surface area contributed by atoms with E-state index in [4.69, 9.17) is 15.2 Å². The summed E-state index contributed by atoms with van der Waals surface area (Å²) in [4.78, 5) is 27.0. The molecule has 0 saturated heterocycles. The van der Waals surface area contributed by atoms with E-state index in [1.165, 1.54) is 64.2 Å². The highest BCUT2D eigenvalue weighted by molar-refractivity contribution is 5.69. The van der Waals surface area contributed by atoms with Crippen LogP contribution in [0.15, 0.2) is 0 Å². The number of unbranched alkanes of at least 4 members (excludes halogenated alkanes) is 10. The van der Waals surface area contributed by atoms with Gasteiger partial charge < -0.3 is 20.1 Å². The second kappa shape index (κ2) is 32.3. The summed E-state index contributed by atoms with van der Waals surface area (Å²) in [6, 6.07) is 0. The molecule has 0 spiro atoms. The Bertz CT molecular complexity index is 601. The fourth-order valence-electron chi connectivity index (χ4n) is 5.95. The van der Waals surface area contributed by atoms with Gasteiger partial charge in [-0.05, 0) is 83.5 Å². The number of hydrogen-bond donors (Lipinski definition) is 1. The average molecular weight is 611 g/mol. The Labute approximate surface area is 268 Å². The summed E-state index contributed by atoms with van der Waals surface area (Å²) < 4.78 is 11.3. The lowest BCUT2D eigenvalue weighted by Crippen LogP contribution is -2.28. The molecule has 0 unspecified atom stereocenters. The van der Waals surface area contributed by atoms with Crippen LogP contribution in [-0.2, 0) is 19.1 Å². The lowest BCUT2D eigenvalue weighted by molar-refractivity contribution is -0.150. The van der Waals surface area contributed by atoms with Crippen LogP contribution in [0.1, 0.15) is 182 Å². The van der Waals surface area contributed by atoms with Crippen LogP contribution in [0.4, 0.5) is 0 Å². The summed E-state index contributed by atoms with van der Waals surface area (Å²) in [6.45, 7) is 13.6. The van der Waals surface area contributed by atoms with E-state index in [2.05, 4.69) is 32.6 Å². The second-order valence-corrected chi connectivity index (χ2v) is 12.9. The molecule has 0 atom stereocenters. The Kier molecular flexibility index (Phi) is 31.4. The van der Waals surface area contributed by atoms with Gasteiger partial charge in [0.25, 0.3) is 0 Å². The Morgan fingerprint density at radius 3 is 1.56 bits per heavy atom. The van der Waals surface area contributed by atoms with Crippen LogP contribution in [-0.4, -0.2) is 55.7 Å². The van der Waals surface area contributed by atoms with Gasteiger partial charge in [0.1, 0.15) is 6.10 Å². The van der Waals surface area contributed by atoms with Crippen LogP contribution < -0.4 is 5.73 Å². The molecule has 0 bridgehead atoms. The first-order valence-corrected chi connectivity index (χ1v) is 18.8. The Morgan fingerprint density at radius 2 is 1.05 bits per heavy atom. The van der Waals surface area contributed by atoms with E-state index in [1.54, 1.807) is 0 Å². The van der Waals surface area contributed by atoms with E-state index < -0.39 is 0 Å². The quantitative estimate of drug-likeness (QED) is 0.0588. The number of carbonyl (C=O) groups excluding carboxylic acids is 2. The standard InChI is InChI=1S/C37H74N2O4/c1-5-9-24-35(25-10-6-2)43-37(41)27-18-14-12-16-20-31-39(32-21-29-38)30-19-15-11-13-17-26-36(40)42-33-28-34(22-7-3)23-8-4/h34-35H,5-33,38H2,1-4H3. The maximum absolute atomic E-state index is 12.3.